The number of rotatable bonds is 8. The van der Waals surface area contributed by atoms with Gasteiger partial charge in [-0.2, -0.15) is 9.78 Å². The van der Waals surface area contributed by atoms with Crippen LogP contribution >= 0.6 is 0 Å². The molecule has 140 valence electrons. The lowest BCUT2D eigenvalue weighted by Gasteiger charge is -2.17. The molecule has 2 rings (SSSR count). The molecule has 0 aliphatic rings. The molecule has 26 heavy (non-hydrogen) atoms. The first-order valence-electron chi connectivity index (χ1n) is 8.87. The lowest BCUT2D eigenvalue weighted by atomic mass is 10.2. The average Bonchev–Trinajstić information content (AvgIpc) is 2.61. The van der Waals surface area contributed by atoms with Crippen LogP contribution in [0.15, 0.2) is 35.1 Å². The predicted octanol–water partition coefficient (Wildman–Crippen LogP) is 1.71. The van der Waals surface area contributed by atoms with E-state index in [1.165, 1.54) is 0 Å². The Labute approximate surface area is 153 Å². The van der Waals surface area contributed by atoms with E-state index in [0.29, 0.717) is 12.2 Å². The van der Waals surface area contributed by atoms with E-state index in [1.807, 2.05) is 13.0 Å². The van der Waals surface area contributed by atoms with Crippen molar-refractivity contribution < 1.29 is 9.90 Å². The number of amides is 1. The second-order valence-corrected chi connectivity index (χ2v) is 6.10. The van der Waals surface area contributed by atoms with Gasteiger partial charge in [0.15, 0.2) is 11.4 Å². The smallest absolute Gasteiger partial charge is 0.275 e. The minimum Gasteiger partial charge on any atom is -0.505 e. The Morgan fingerprint density at radius 1 is 1.27 bits per heavy atom. The number of aromatic hydroxyl groups is 1. The number of aromatic nitrogens is 2. The van der Waals surface area contributed by atoms with E-state index in [0.717, 1.165) is 42.4 Å². The first-order valence-corrected chi connectivity index (χ1v) is 8.87. The molecule has 2 aromatic rings. The van der Waals surface area contributed by atoms with E-state index in [4.69, 9.17) is 0 Å². The number of hydrogen-bond acceptors (Lipinski definition) is 5. The van der Waals surface area contributed by atoms with Crippen molar-refractivity contribution in [1.82, 2.24) is 20.0 Å². The van der Waals surface area contributed by atoms with Gasteiger partial charge >= 0.3 is 0 Å². The Morgan fingerprint density at radius 2 is 2.00 bits per heavy atom. The van der Waals surface area contributed by atoms with Crippen molar-refractivity contribution >= 4 is 5.91 Å². The first kappa shape index (κ1) is 19.7. The topological polar surface area (TPSA) is 87.5 Å². The summed E-state index contributed by atoms with van der Waals surface area (Å²) in [6.45, 7) is 9.38. The van der Waals surface area contributed by atoms with Gasteiger partial charge in [-0.1, -0.05) is 26.0 Å². The number of nitrogens with zero attached hydrogens (tertiary/aromatic N) is 3. The minimum atomic E-state index is -0.497. The van der Waals surface area contributed by atoms with Crippen LogP contribution in [0.1, 0.15) is 36.3 Å². The highest BCUT2D eigenvalue weighted by Gasteiger charge is 2.16. The van der Waals surface area contributed by atoms with Gasteiger partial charge in [-0.05, 0) is 50.7 Å². The van der Waals surface area contributed by atoms with Gasteiger partial charge in [0.25, 0.3) is 11.5 Å². The third kappa shape index (κ3) is 4.92. The zero-order valence-corrected chi connectivity index (χ0v) is 15.5. The number of benzene rings is 1. The molecule has 0 unspecified atom stereocenters. The fourth-order valence-corrected chi connectivity index (χ4v) is 2.68. The molecule has 0 saturated heterocycles. The molecule has 0 bridgehead atoms. The predicted molar refractivity (Wildman–Crippen MR) is 101 cm³/mol. The normalized spacial score (nSPS) is 10.9. The molecular weight excluding hydrogens is 332 g/mol. The van der Waals surface area contributed by atoms with Crippen LogP contribution in [0.25, 0.3) is 5.69 Å². The molecule has 0 saturated carbocycles. The number of carbonyl (C=O) groups is 1. The SMILES string of the molecule is CCN(CC)CCCNC(=O)c1nn(-c2cccc(C)c2)c(=O)cc1O. The van der Waals surface area contributed by atoms with Crippen molar-refractivity contribution in [3.63, 3.8) is 0 Å². The molecule has 2 N–H and O–H groups in total. The lowest BCUT2D eigenvalue weighted by molar-refractivity contribution is 0.0942. The molecule has 1 amide bonds. The van der Waals surface area contributed by atoms with E-state index in [9.17, 15) is 14.7 Å². The van der Waals surface area contributed by atoms with Crippen LogP contribution in [0.3, 0.4) is 0 Å². The summed E-state index contributed by atoms with van der Waals surface area (Å²) >= 11 is 0. The van der Waals surface area contributed by atoms with Crippen LogP contribution < -0.4 is 10.9 Å². The van der Waals surface area contributed by atoms with Gasteiger partial charge in [0.2, 0.25) is 0 Å². The second-order valence-electron chi connectivity index (χ2n) is 6.10. The highest BCUT2D eigenvalue weighted by Crippen LogP contribution is 2.13. The third-order valence-corrected chi connectivity index (χ3v) is 4.20. The van der Waals surface area contributed by atoms with Gasteiger partial charge in [0, 0.05) is 12.6 Å². The lowest BCUT2D eigenvalue weighted by Crippen LogP contribution is -2.32. The zero-order valence-electron chi connectivity index (χ0n) is 15.5. The van der Waals surface area contributed by atoms with E-state index in [-0.39, 0.29) is 5.69 Å². The summed E-state index contributed by atoms with van der Waals surface area (Å²) in [5.41, 5.74) is 0.859. The summed E-state index contributed by atoms with van der Waals surface area (Å²) < 4.78 is 1.12. The molecular formula is C19H26N4O3. The van der Waals surface area contributed by atoms with Crippen molar-refractivity contribution in [3.8, 4) is 11.4 Å². The molecule has 1 aromatic heterocycles. The number of carbonyl (C=O) groups excluding carboxylic acids is 1. The van der Waals surface area contributed by atoms with E-state index in [2.05, 4.69) is 29.2 Å². The van der Waals surface area contributed by atoms with Crippen molar-refractivity contribution in [3.05, 3.63) is 51.9 Å². The molecule has 0 aliphatic heterocycles. The zero-order chi connectivity index (χ0) is 19.1. The van der Waals surface area contributed by atoms with Crippen LogP contribution in [0, 0.1) is 6.92 Å². The maximum Gasteiger partial charge on any atom is 0.275 e. The quantitative estimate of drug-likeness (QED) is 0.702. The summed E-state index contributed by atoms with van der Waals surface area (Å²) in [5, 5.41) is 16.8. The average molecular weight is 358 g/mol. The van der Waals surface area contributed by atoms with E-state index < -0.39 is 17.2 Å². The standard InChI is InChI=1S/C19H26N4O3/c1-4-22(5-2)11-7-10-20-19(26)18-16(24)13-17(25)23(21-18)15-9-6-8-14(3)12-15/h6,8-9,12-13,24H,4-5,7,10-11H2,1-3H3,(H,20,26). The molecule has 7 heteroatoms. The number of hydrogen-bond donors (Lipinski definition) is 2. The van der Waals surface area contributed by atoms with Crippen LogP contribution in [-0.4, -0.2) is 51.9 Å². The van der Waals surface area contributed by atoms with Crippen molar-refractivity contribution in [1.29, 1.82) is 0 Å². The molecule has 0 fully saturated rings. The molecule has 0 radical (unpaired) electrons. The molecule has 7 nitrogen and oxygen atoms in total. The summed E-state index contributed by atoms with van der Waals surface area (Å²) in [4.78, 5) is 26.7. The van der Waals surface area contributed by atoms with Crippen LogP contribution in [0.4, 0.5) is 0 Å². The fourth-order valence-electron chi connectivity index (χ4n) is 2.68. The van der Waals surface area contributed by atoms with Gasteiger partial charge in [0.1, 0.15) is 0 Å². The molecule has 0 spiro atoms. The Kier molecular flexibility index (Phi) is 6.91. The summed E-state index contributed by atoms with van der Waals surface area (Å²) in [7, 11) is 0. The maximum absolute atomic E-state index is 12.3. The summed E-state index contributed by atoms with van der Waals surface area (Å²) in [6.07, 6.45) is 0.797. The van der Waals surface area contributed by atoms with Crippen molar-refractivity contribution in [2.24, 2.45) is 0 Å². The number of nitrogens with one attached hydrogen (secondary N) is 1. The van der Waals surface area contributed by atoms with E-state index in [1.54, 1.807) is 18.2 Å². The van der Waals surface area contributed by atoms with Gasteiger partial charge < -0.3 is 15.3 Å². The molecule has 0 atom stereocenters. The Bertz CT molecular complexity index is 813. The maximum atomic E-state index is 12.3. The van der Waals surface area contributed by atoms with Crippen LogP contribution in [0.5, 0.6) is 5.75 Å². The highest BCUT2D eigenvalue weighted by molar-refractivity contribution is 5.94. The monoisotopic (exact) mass is 358 g/mol. The third-order valence-electron chi connectivity index (χ3n) is 4.20. The van der Waals surface area contributed by atoms with E-state index >= 15 is 0 Å². The summed E-state index contributed by atoms with van der Waals surface area (Å²) in [6, 6.07) is 8.23. The Balaban J connectivity index is 2.12. The largest absolute Gasteiger partial charge is 0.505 e. The Hall–Kier alpha value is -2.67. The molecule has 1 aromatic carbocycles. The molecule has 1 heterocycles. The second kappa shape index (κ2) is 9.15. The van der Waals surface area contributed by atoms with Crippen LogP contribution in [0.2, 0.25) is 0 Å². The first-order chi connectivity index (χ1) is 12.5. The molecule has 0 aliphatic carbocycles. The number of aryl methyl sites for hydroxylation is 1. The van der Waals surface area contributed by atoms with Crippen molar-refractivity contribution in [2.45, 2.75) is 27.2 Å². The van der Waals surface area contributed by atoms with Gasteiger partial charge in [-0.15, -0.1) is 0 Å². The van der Waals surface area contributed by atoms with Gasteiger partial charge in [-0.3, -0.25) is 9.59 Å². The minimum absolute atomic E-state index is 0.158. The Morgan fingerprint density at radius 3 is 2.65 bits per heavy atom. The van der Waals surface area contributed by atoms with Gasteiger partial charge in [-0.25, -0.2) is 0 Å². The van der Waals surface area contributed by atoms with Gasteiger partial charge in [0.05, 0.1) is 5.69 Å². The summed E-state index contributed by atoms with van der Waals surface area (Å²) in [5.74, 6) is -0.913. The fraction of sp³-hybridized carbons (Fsp3) is 0.421. The van der Waals surface area contributed by atoms with Crippen LogP contribution in [-0.2, 0) is 0 Å². The highest BCUT2D eigenvalue weighted by atomic mass is 16.3. The van der Waals surface area contributed by atoms with Crippen molar-refractivity contribution in [2.75, 3.05) is 26.2 Å².